The smallest absolute Gasteiger partial charge is 0.316 e. The largest absolute Gasteiger partial charge is 0.459 e. The Balaban J connectivity index is 1.61. The Morgan fingerprint density at radius 3 is 2.19 bits per heavy atom. The summed E-state index contributed by atoms with van der Waals surface area (Å²) in [6.45, 7) is 3.63. The van der Waals surface area contributed by atoms with E-state index in [1.54, 1.807) is 29.2 Å². The number of likely N-dealkylation sites (N-methyl/N-ethyl adjacent to an activating group) is 1. The lowest BCUT2D eigenvalue weighted by molar-refractivity contribution is -0.145. The summed E-state index contributed by atoms with van der Waals surface area (Å²) >= 11 is 0. The Morgan fingerprint density at radius 1 is 0.962 bits per heavy atom. The number of anilines is 1. The van der Waals surface area contributed by atoms with Crippen LogP contribution in [0.1, 0.15) is 17.5 Å². The number of para-hydroxylation sites is 1. The van der Waals surface area contributed by atoms with Crippen molar-refractivity contribution in [2.45, 2.75) is 6.92 Å². The Morgan fingerprint density at radius 2 is 1.62 bits per heavy atom. The predicted molar refractivity (Wildman–Crippen MR) is 95.7 cm³/mol. The van der Waals surface area contributed by atoms with Gasteiger partial charge in [0.2, 0.25) is 0 Å². The average Bonchev–Trinajstić information content (AvgIpc) is 3.23. The van der Waals surface area contributed by atoms with E-state index in [9.17, 15) is 14.4 Å². The van der Waals surface area contributed by atoms with Gasteiger partial charge in [0, 0.05) is 38.4 Å². The highest BCUT2D eigenvalue weighted by atomic mass is 16.3. The summed E-state index contributed by atoms with van der Waals surface area (Å²) in [5, 5.41) is 0. The van der Waals surface area contributed by atoms with Crippen LogP contribution in [0.3, 0.4) is 0 Å². The number of piperazine rings is 1. The number of hydrogen-bond acceptors (Lipinski definition) is 4. The maximum absolute atomic E-state index is 12.6. The summed E-state index contributed by atoms with van der Waals surface area (Å²) < 4.78 is 5.12. The topological polar surface area (TPSA) is 74.1 Å². The molecular formula is C19H21N3O4. The van der Waals surface area contributed by atoms with Crippen LogP contribution in [0.2, 0.25) is 0 Å². The summed E-state index contributed by atoms with van der Waals surface area (Å²) in [4.78, 5) is 42.1. The molecule has 3 amide bonds. The second-order valence-corrected chi connectivity index (χ2v) is 5.95. The van der Waals surface area contributed by atoms with Crippen LogP contribution in [0.5, 0.6) is 0 Å². The van der Waals surface area contributed by atoms with Gasteiger partial charge in [0.1, 0.15) is 0 Å². The highest BCUT2D eigenvalue weighted by molar-refractivity contribution is 6.40. The molecule has 1 aliphatic heterocycles. The quantitative estimate of drug-likeness (QED) is 0.784. The number of rotatable bonds is 3. The van der Waals surface area contributed by atoms with Crippen molar-refractivity contribution in [2.24, 2.45) is 0 Å². The number of hydrogen-bond donors (Lipinski definition) is 0. The summed E-state index contributed by atoms with van der Waals surface area (Å²) in [6, 6.07) is 12.4. The number of amides is 3. The fraction of sp³-hybridized carbons (Fsp3) is 0.316. The van der Waals surface area contributed by atoms with Crippen molar-refractivity contribution in [2.75, 3.05) is 37.6 Å². The van der Waals surface area contributed by atoms with E-state index in [0.717, 1.165) is 0 Å². The molecule has 1 aromatic heterocycles. The van der Waals surface area contributed by atoms with Gasteiger partial charge in [-0.2, -0.15) is 0 Å². The van der Waals surface area contributed by atoms with Gasteiger partial charge in [-0.3, -0.25) is 14.4 Å². The van der Waals surface area contributed by atoms with Crippen LogP contribution in [0, 0.1) is 0 Å². The molecule has 2 aromatic rings. The molecule has 3 rings (SSSR count). The first-order valence-electron chi connectivity index (χ1n) is 8.60. The first-order valence-corrected chi connectivity index (χ1v) is 8.60. The molecule has 2 heterocycles. The molecule has 0 unspecified atom stereocenters. The maximum atomic E-state index is 12.6. The molecule has 0 bridgehead atoms. The number of nitrogens with zero attached hydrogens (tertiary/aromatic N) is 3. The molecule has 0 N–H and O–H groups in total. The van der Waals surface area contributed by atoms with Crippen LogP contribution in [0.25, 0.3) is 0 Å². The zero-order valence-corrected chi connectivity index (χ0v) is 14.6. The van der Waals surface area contributed by atoms with Crippen molar-refractivity contribution >= 4 is 23.4 Å². The van der Waals surface area contributed by atoms with E-state index in [2.05, 4.69) is 0 Å². The normalized spacial score (nSPS) is 14.2. The van der Waals surface area contributed by atoms with Crippen LogP contribution in [0.4, 0.5) is 5.69 Å². The molecule has 0 atom stereocenters. The van der Waals surface area contributed by atoms with Crippen molar-refractivity contribution in [3.8, 4) is 0 Å². The van der Waals surface area contributed by atoms with E-state index in [1.807, 2.05) is 25.1 Å². The van der Waals surface area contributed by atoms with E-state index < -0.39 is 11.8 Å². The van der Waals surface area contributed by atoms with E-state index in [-0.39, 0.29) is 11.7 Å². The van der Waals surface area contributed by atoms with Crippen LogP contribution >= 0.6 is 0 Å². The Bertz CT molecular complexity index is 765. The molecule has 0 aliphatic carbocycles. The molecule has 0 spiro atoms. The highest BCUT2D eigenvalue weighted by Gasteiger charge is 2.31. The highest BCUT2D eigenvalue weighted by Crippen LogP contribution is 2.15. The molecule has 1 aromatic carbocycles. The monoisotopic (exact) mass is 355 g/mol. The molecule has 1 fully saturated rings. The zero-order valence-electron chi connectivity index (χ0n) is 14.6. The second kappa shape index (κ2) is 7.86. The molecule has 0 saturated carbocycles. The van der Waals surface area contributed by atoms with Crippen molar-refractivity contribution in [3.05, 3.63) is 54.5 Å². The second-order valence-electron chi connectivity index (χ2n) is 5.95. The third kappa shape index (κ3) is 3.61. The minimum Gasteiger partial charge on any atom is -0.459 e. The molecule has 1 saturated heterocycles. The minimum absolute atomic E-state index is 0.201. The van der Waals surface area contributed by atoms with Gasteiger partial charge in [-0.1, -0.05) is 18.2 Å². The lowest BCUT2D eigenvalue weighted by Gasteiger charge is -2.34. The van der Waals surface area contributed by atoms with Gasteiger partial charge < -0.3 is 19.1 Å². The van der Waals surface area contributed by atoms with E-state index >= 15 is 0 Å². The number of benzene rings is 1. The molecule has 7 nitrogen and oxygen atoms in total. The SMILES string of the molecule is CCN(C(=O)C(=O)N1CCN(C(=O)c2ccco2)CC1)c1ccccc1. The van der Waals surface area contributed by atoms with Gasteiger partial charge in [0.05, 0.1) is 6.26 Å². The van der Waals surface area contributed by atoms with Crippen molar-refractivity contribution < 1.29 is 18.8 Å². The van der Waals surface area contributed by atoms with E-state index in [0.29, 0.717) is 38.4 Å². The van der Waals surface area contributed by atoms with E-state index in [1.165, 1.54) is 16.1 Å². The van der Waals surface area contributed by atoms with Crippen LogP contribution < -0.4 is 4.90 Å². The standard InChI is InChI=1S/C19H21N3O4/c1-2-22(15-7-4-3-5-8-15)19(25)18(24)21-12-10-20(11-13-21)17(23)16-9-6-14-26-16/h3-9,14H,2,10-13H2,1H3. The molecule has 1 aliphatic rings. The lowest BCUT2D eigenvalue weighted by atomic mass is 10.2. The molecule has 7 heteroatoms. The van der Waals surface area contributed by atoms with E-state index in [4.69, 9.17) is 4.42 Å². The van der Waals surface area contributed by atoms with Crippen molar-refractivity contribution in [3.63, 3.8) is 0 Å². The van der Waals surface area contributed by atoms with Gasteiger partial charge in [-0.05, 0) is 31.2 Å². The van der Waals surface area contributed by atoms with Gasteiger partial charge in [-0.15, -0.1) is 0 Å². The molecule has 26 heavy (non-hydrogen) atoms. The number of carbonyl (C=O) groups excluding carboxylic acids is 3. The molecule has 136 valence electrons. The summed E-state index contributed by atoms with van der Waals surface area (Å²) in [5.41, 5.74) is 0.694. The summed E-state index contributed by atoms with van der Waals surface area (Å²) in [7, 11) is 0. The molecular weight excluding hydrogens is 334 g/mol. The van der Waals surface area contributed by atoms with Crippen LogP contribution in [-0.4, -0.2) is 60.2 Å². The Hall–Kier alpha value is -3.09. The van der Waals surface area contributed by atoms with Crippen molar-refractivity contribution in [1.29, 1.82) is 0 Å². The van der Waals surface area contributed by atoms with Crippen LogP contribution in [0.15, 0.2) is 53.1 Å². The first-order chi connectivity index (χ1) is 12.6. The number of carbonyl (C=O) groups is 3. The third-order valence-corrected chi connectivity index (χ3v) is 4.40. The molecule has 0 radical (unpaired) electrons. The van der Waals surface area contributed by atoms with Crippen LogP contribution in [-0.2, 0) is 9.59 Å². The third-order valence-electron chi connectivity index (χ3n) is 4.40. The Kier molecular flexibility index (Phi) is 5.36. The summed E-state index contributed by atoms with van der Waals surface area (Å²) in [6.07, 6.45) is 1.45. The predicted octanol–water partition coefficient (Wildman–Crippen LogP) is 1.62. The van der Waals surface area contributed by atoms with Gasteiger partial charge in [0.15, 0.2) is 5.76 Å². The zero-order chi connectivity index (χ0) is 18.5. The van der Waals surface area contributed by atoms with Gasteiger partial charge >= 0.3 is 11.8 Å². The summed E-state index contributed by atoms with van der Waals surface area (Å²) in [5.74, 6) is -1.01. The van der Waals surface area contributed by atoms with Gasteiger partial charge in [0.25, 0.3) is 5.91 Å². The fourth-order valence-electron chi connectivity index (χ4n) is 2.97. The fourth-order valence-corrected chi connectivity index (χ4v) is 2.97. The van der Waals surface area contributed by atoms with Crippen molar-refractivity contribution in [1.82, 2.24) is 9.80 Å². The maximum Gasteiger partial charge on any atom is 0.316 e. The average molecular weight is 355 g/mol. The minimum atomic E-state index is -0.551. The van der Waals surface area contributed by atoms with Gasteiger partial charge in [-0.25, -0.2) is 0 Å². The first kappa shape index (κ1) is 17.7. The Labute approximate surface area is 151 Å². The number of furan rings is 1. The lowest BCUT2D eigenvalue weighted by Crippen LogP contribution is -2.54.